The predicted octanol–water partition coefficient (Wildman–Crippen LogP) is 3.79. The zero-order chi connectivity index (χ0) is 13.1. The Kier molecular flexibility index (Phi) is 5.15. The lowest BCUT2D eigenvalue weighted by Gasteiger charge is -2.25. The van der Waals surface area contributed by atoms with Gasteiger partial charge in [0.25, 0.3) is 0 Å². The molecule has 2 heterocycles. The van der Waals surface area contributed by atoms with E-state index in [1.54, 1.807) is 6.20 Å². The highest BCUT2D eigenvalue weighted by Gasteiger charge is 2.24. The van der Waals surface area contributed by atoms with E-state index in [2.05, 4.69) is 34.9 Å². The SMILES string of the molecule is CC(C)n1ncc(Br)c1C(O)CC1CCSCC1. The first-order valence-electron chi connectivity index (χ1n) is 6.58. The number of thioether (sulfide) groups is 1. The zero-order valence-corrected chi connectivity index (χ0v) is 13.4. The van der Waals surface area contributed by atoms with Crippen molar-refractivity contribution in [3.05, 3.63) is 16.4 Å². The number of hydrogen-bond acceptors (Lipinski definition) is 3. The smallest absolute Gasteiger partial charge is 0.0970 e. The molecule has 0 radical (unpaired) electrons. The van der Waals surface area contributed by atoms with Crippen molar-refractivity contribution in [2.75, 3.05) is 11.5 Å². The molecule has 0 spiro atoms. The minimum atomic E-state index is -0.405. The molecule has 5 heteroatoms. The van der Waals surface area contributed by atoms with Crippen LogP contribution in [0.25, 0.3) is 0 Å². The number of rotatable bonds is 4. The largest absolute Gasteiger partial charge is 0.387 e. The van der Waals surface area contributed by atoms with Crippen molar-refractivity contribution in [3.8, 4) is 0 Å². The number of nitrogens with zero attached hydrogens (tertiary/aromatic N) is 2. The van der Waals surface area contributed by atoms with Crippen LogP contribution in [-0.4, -0.2) is 26.4 Å². The fourth-order valence-electron chi connectivity index (χ4n) is 2.48. The zero-order valence-electron chi connectivity index (χ0n) is 11.0. The third-order valence-electron chi connectivity index (χ3n) is 3.49. The van der Waals surface area contributed by atoms with Gasteiger partial charge in [0.05, 0.1) is 22.5 Å². The van der Waals surface area contributed by atoms with E-state index in [-0.39, 0.29) is 6.04 Å². The summed E-state index contributed by atoms with van der Waals surface area (Å²) in [5, 5.41) is 14.8. The summed E-state index contributed by atoms with van der Waals surface area (Å²) < 4.78 is 2.85. The average molecular weight is 333 g/mol. The summed E-state index contributed by atoms with van der Waals surface area (Å²) in [6, 6.07) is 0.280. The van der Waals surface area contributed by atoms with Crippen molar-refractivity contribution in [2.45, 2.75) is 45.3 Å². The Morgan fingerprint density at radius 2 is 2.17 bits per heavy atom. The van der Waals surface area contributed by atoms with Gasteiger partial charge in [0, 0.05) is 6.04 Å². The summed E-state index contributed by atoms with van der Waals surface area (Å²) in [5.74, 6) is 3.13. The highest BCUT2D eigenvalue weighted by molar-refractivity contribution is 9.10. The van der Waals surface area contributed by atoms with E-state index >= 15 is 0 Å². The average Bonchev–Trinajstić information content (AvgIpc) is 2.72. The van der Waals surface area contributed by atoms with Gasteiger partial charge in [-0.1, -0.05) is 0 Å². The van der Waals surface area contributed by atoms with Gasteiger partial charge in [-0.2, -0.15) is 16.9 Å². The summed E-state index contributed by atoms with van der Waals surface area (Å²) in [5.41, 5.74) is 0.934. The van der Waals surface area contributed by atoms with Crippen molar-refractivity contribution in [1.82, 2.24) is 9.78 Å². The molecule has 1 unspecified atom stereocenters. The molecule has 1 saturated heterocycles. The molecule has 1 aromatic heterocycles. The first-order valence-corrected chi connectivity index (χ1v) is 8.53. The lowest BCUT2D eigenvalue weighted by atomic mass is 9.94. The van der Waals surface area contributed by atoms with Gasteiger partial charge in [0.15, 0.2) is 0 Å². The van der Waals surface area contributed by atoms with Crippen LogP contribution in [0.4, 0.5) is 0 Å². The normalized spacial score (nSPS) is 19.4. The van der Waals surface area contributed by atoms with Crippen molar-refractivity contribution in [3.63, 3.8) is 0 Å². The first kappa shape index (κ1) is 14.4. The molecule has 1 aromatic rings. The molecule has 1 fully saturated rings. The highest BCUT2D eigenvalue weighted by Crippen LogP contribution is 2.34. The third-order valence-corrected chi connectivity index (χ3v) is 5.15. The molecule has 3 nitrogen and oxygen atoms in total. The molecule has 0 saturated carbocycles. The van der Waals surface area contributed by atoms with E-state index < -0.39 is 6.10 Å². The van der Waals surface area contributed by atoms with Crippen molar-refractivity contribution in [2.24, 2.45) is 5.92 Å². The van der Waals surface area contributed by atoms with Crippen LogP contribution in [0.1, 0.15) is 50.9 Å². The molecule has 0 aromatic carbocycles. The fraction of sp³-hybridized carbons (Fsp3) is 0.769. The van der Waals surface area contributed by atoms with E-state index in [4.69, 9.17) is 0 Å². The second-order valence-electron chi connectivity index (χ2n) is 5.22. The topological polar surface area (TPSA) is 38.0 Å². The molecule has 0 aliphatic carbocycles. The van der Waals surface area contributed by atoms with E-state index in [9.17, 15) is 5.11 Å². The van der Waals surface area contributed by atoms with Gasteiger partial charge in [-0.25, -0.2) is 0 Å². The summed E-state index contributed by atoms with van der Waals surface area (Å²) in [6.07, 6.45) is 4.70. The van der Waals surface area contributed by atoms with Crippen molar-refractivity contribution >= 4 is 27.7 Å². The first-order chi connectivity index (χ1) is 8.59. The molecule has 1 aliphatic heterocycles. The summed E-state index contributed by atoms with van der Waals surface area (Å²) in [6.45, 7) is 4.18. The number of hydrogen-bond donors (Lipinski definition) is 1. The van der Waals surface area contributed by atoms with Crippen LogP contribution in [0.15, 0.2) is 10.7 Å². The van der Waals surface area contributed by atoms with E-state index in [1.165, 1.54) is 24.3 Å². The van der Waals surface area contributed by atoms with Crippen molar-refractivity contribution in [1.29, 1.82) is 0 Å². The maximum Gasteiger partial charge on any atom is 0.0970 e. The minimum absolute atomic E-state index is 0.280. The highest BCUT2D eigenvalue weighted by atomic mass is 79.9. The van der Waals surface area contributed by atoms with Gasteiger partial charge in [-0.3, -0.25) is 4.68 Å². The quantitative estimate of drug-likeness (QED) is 0.911. The molecule has 2 rings (SSSR count). The van der Waals surface area contributed by atoms with E-state index in [0.717, 1.165) is 16.6 Å². The Morgan fingerprint density at radius 1 is 1.50 bits per heavy atom. The van der Waals surface area contributed by atoms with Crippen LogP contribution in [0.5, 0.6) is 0 Å². The number of halogens is 1. The Balaban J connectivity index is 2.07. The van der Waals surface area contributed by atoms with Gasteiger partial charge in [0.1, 0.15) is 0 Å². The van der Waals surface area contributed by atoms with Gasteiger partial charge in [-0.15, -0.1) is 0 Å². The van der Waals surface area contributed by atoms with Gasteiger partial charge in [0.2, 0.25) is 0 Å². The van der Waals surface area contributed by atoms with Crippen LogP contribution >= 0.6 is 27.7 Å². The Hall–Kier alpha value is -0.0000000000000000555. The molecule has 1 N–H and O–H groups in total. The predicted molar refractivity (Wildman–Crippen MR) is 79.9 cm³/mol. The van der Waals surface area contributed by atoms with Crippen molar-refractivity contribution < 1.29 is 5.11 Å². The third kappa shape index (κ3) is 3.31. The second kappa shape index (κ2) is 6.44. The van der Waals surface area contributed by atoms with Gasteiger partial charge < -0.3 is 5.11 Å². The molecule has 1 atom stereocenters. The monoisotopic (exact) mass is 332 g/mol. The molecule has 18 heavy (non-hydrogen) atoms. The Labute approximate surface area is 121 Å². The molecule has 0 amide bonds. The van der Waals surface area contributed by atoms with Crippen LogP contribution in [0.3, 0.4) is 0 Å². The van der Waals surface area contributed by atoms with Crippen LogP contribution < -0.4 is 0 Å². The Morgan fingerprint density at radius 3 is 2.78 bits per heavy atom. The van der Waals surface area contributed by atoms with E-state index in [0.29, 0.717) is 5.92 Å². The number of aliphatic hydroxyl groups is 1. The molecule has 0 bridgehead atoms. The Bertz CT molecular complexity index is 388. The molecule has 1 aliphatic rings. The summed E-state index contributed by atoms with van der Waals surface area (Å²) in [4.78, 5) is 0. The molecular weight excluding hydrogens is 312 g/mol. The van der Waals surface area contributed by atoms with Crippen LogP contribution in [0.2, 0.25) is 0 Å². The molecule has 102 valence electrons. The minimum Gasteiger partial charge on any atom is -0.387 e. The summed E-state index contributed by atoms with van der Waals surface area (Å²) >= 11 is 5.53. The lowest BCUT2D eigenvalue weighted by Crippen LogP contribution is -2.17. The van der Waals surface area contributed by atoms with Gasteiger partial charge >= 0.3 is 0 Å². The van der Waals surface area contributed by atoms with Gasteiger partial charge in [-0.05, 0) is 66.5 Å². The number of aromatic nitrogens is 2. The summed E-state index contributed by atoms with van der Waals surface area (Å²) in [7, 11) is 0. The maximum atomic E-state index is 10.5. The fourth-order valence-corrected chi connectivity index (χ4v) is 4.23. The number of aliphatic hydroxyl groups excluding tert-OH is 1. The lowest BCUT2D eigenvalue weighted by molar-refractivity contribution is 0.129. The standard InChI is InChI=1S/C13H21BrN2OS/c1-9(2)16-13(11(14)8-15-16)12(17)7-10-3-5-18-6-4-10/h8-10,12,17H,3-7H2,1-2H3. The second-order valence-corrected chi connectivity index (χ2v) is 7.30. The molecular formula is C13H21BrN2OS. The van der Waals surface area contributed by atoms with Crippen LogP contribution in [-0.2, 0) is 0 Å². The van der Waals surface area contributed by atoms with E-state index in [1.807, 2.05) is 16.4 Å². The maximum absolute atomic E-state index is 10.5. The van der Waals surface area contributed by atoms with Crippen LogP contribution in [0, 0.1) is 5.92 Å².